The summed E-state index contributed by atoms with van der Waals surface area (Å²) in [6.45, 7) is 6.43. The van der Waals surface area contributed by atoms with Gasteiger partial charge in [-0.25, -0.2) is 0 Å². The van der Waals surface area contributed by atoms with Crippen LogP contribution in [0.5, 0.6) is 5.75 Å². The summed E-state index contributed by atoms with van der Waals surface area (Å²) in [7, 11) is 1.74. The first kappa shape index (κ1) is 20.1. The molecular weight excluding hydrogens is 424 g/mol. The monoisotopic (exact) mass is 450 g/mol. The minimum Gasteiger partial charge on any atom is -0.496 e. The van der Waals surface area contributed by atoms with Crippen molar-refractivity contribution in [1.29, 1.82) is 0 Å². The molecule has 1 saturated heterocycles. The Bertz CT molecular complexity index is 976. The van der Waals surface area contributed by atoms with E-state index in [1.807, 2.05) is 0 Å². The van der Waals surface area contributed by atoms with Crippen LogP contribution in [0, 0.1) is 0 Å². The average molecular weight is 451 g/mol. The van der Waals surface area contributed by atoms with Gasteiger partial charge in [0.1, 0.15) is 5.75 Å². The summed E-state index contributed by atoms with van der Waals surface area (Å²) in [6.07, 6.45) is 4.48. The van der Waals surface area contributed by atoms with E-state index in [2.05, 4.69) is 98.5 Å². The van der Waals surface area contributed by atoms with Crippen LogP contribution < -0.4 is 4.74 Å². The molecule has 0 aliphatic carbocycles. The molecule has 0 radical (unpaired) electrons. The Balaban J connectivity index is 1.32. The lowest BCUT2D eigenvalue weighted by Crippen LogP contribution is -2.45. The summed E-state index contributed by atoms with van der Waals surface area (Å²) in [4.78, 5) is 5.08. The molecule has 1 aliphatic heterocycles. The summed E-state index contributed by atoms with van der Waals surface area (Å²) in [5.74, 6) is 0.951. The zero-order chi connectivity index (χ0) is 20.1. The van der Waals surface area contributed by atoms with E-state index in [0.29, 0.717) is 0 Å². The molecule has 0 N–H and O–H groups in total. The third-order valence-electron chi connectivity index (χ3n) is 5.60. The number of methoxy groups -OCH3 is 1. The third-order valence-corrected chi connectivity index (χ3v) is 6.13. The highest BCUT2D eigenvalue weighted by molar-refractivity contribution is 9.10. The van der Waals surface area contributed by atoms with Gasteiger partial charge >= 0.3 is 0 Å². The first-order valence-electron chi connectivity index (χ1n) is 10.1. The van der Waals surface area contributed by atoms with Gasteiger partial charge in [-0.1, -0.05) is 70.5 Å². The molecule has 1 aliphatic rings. The quantitative estimate of drug-likeness (QED) is 0.496. The highest BCUT2D eigenvalue weighted by Crippen LogP contribution is 2.29. The van der Waals surface area contributed by atoms with E-state index in [9.17, 15) is 0 Å². The van der Waals surface area contributed by atoms with Gasteiger partial charge in [-0.15, -0.1) is 0 Å². The molecule has 0 amide bonds. The predicted molar refractivity (Wildman–Crippen MR) is 125 cm³/mol. The zero-order valence-electron chi connectivity index (χ0n) is 16.9. The number of hydrogen-bond donors (Lipinski definition) is 0. The maximum Gasteiger partial charge on any atom is 0.126 e. The number of rotatable bonds is 6. The molecule has 150 valence electrons. The maximum absolute atomic E-state index is 5.53. The van der Waals surface area contributed by atoms with Gasteiger partial charge in [0, 0.05) is 49.1 Å². The number of hydrogen-bond acceptors (Lipinski definition) is 3. The second-order valence-electron chi connectivity index (χ2n) is 7.50. The molecule has 29 heavy (non-hydrogen) atoms. The maximum atomic E-state index is 5.53. The van der Waals surface area contributed by atoms with Crippen LogP contribution in [0.2, 0.25) is 0 Å². The number of piperazine rings is 1. The van der Waals surface area contributed by atoms with Crippen molar-refractivity contribution in [1.82, 2.24) is 9.80 Å². The molecule has 0 unspecified atom stereocenters. The Kier molecular flexibility index (Phi) is 6.65. The van der Waals surface area contributed by atoms with Crippen molar-refractivity contribution in [2.75, 3.05) is 39.8 Å². The summed E-state index contributed by atoms with van der Waals surface area (Å²) in [5, 5.41) is 2.50. The van der Waals surface area contributed by atoms with Gasteiger partial charge in [-0.05, 0) is 34.7 Å². The van der Waals surface area contributed by atoms with Gasteiger partial charge in [-0.2, -0.15) is 0 Å². The molecule has 4 rings (SSSR count). The number of nitrogens with zero attached hydrogens (tertiary/aromatic N) is 2. The number of benzene rings is 3. The molecular formula is C25H27BrN2O. The standard InChI is InChI=1S/C25H27BrN2O/c1-29-25-13-10-21(23-6-2-3-7-24(23)25)19-28-17-15-27(16-18-28)14-4-5-20-8-11-22(26)12-9-20/h2-13H,14-19H2,1H3/b5-4+. The van der Waals surface area contributed by atoms with Gasteiger partial charge in [-0.3, -0.25) is 9.80 Å². The summed E-state index contributed by atoms with van der Waals surface area (Å²) >= 11 is 3.48. The molecule has 0 spiro atoms. The van der Waals surface area contributed by atoms with Crippen LogP contribution in [0.3, 0.4) is 0 Å². The molecule has 0 bridgehead atoms. The van der Waals surface area contributed by atoms with Gasteiger partial charge in [0.05, 0.1) is 7.11 Å². The Labute approximate surface area is 181 Å². The molecule has 3 aromatic carbocycles. The molecule has 3 nitrogen and oxygen atoms in total. The van der Waals surface area contributed by atoms with Gasteiger partial charge in [0.15, 0.2) is 0 Å². The normalized spacial score (nSPS) is 15.9. The number of fused-ring (bicyclic) bond motifs is 1. The minimum atomic E-state index is 0.951. The van der Waals surface area contributed by atoms with Crippen LogP contribution in [-0.2, 0) is 6.54 Å². The first-order chi connectivity index (χ1) is 14.2. The highest BCUT2D eigenvalue weighted by Gasteiger charge is 2.17. The number of ether oxygens (including phenoxy) is 1. The van der Waals surface area contributed by atoms with Crippen molar-refractivity contribution < 1.29 is 4.74 Å². The Morgan fingerprint density at radius 2 is 1.55 bits per heavy atom. The smallest absolute Gasteiger partial charge is 0.126 e. The van der Waals surface area contributed by atoms with E-state index in [1.165, 1.54) is 21.9 Å². The topological polar surface area (TPSA) is 15.7 Å². The number of halogens is 1. The molecule has 1 heterocycles. The largest absolute Gasteiger partial charge is 0.496 e. The molecule has 0 atom stereocenters. The van der Waals surface area contributed by atoms with Gasteiger partial charge in [0.25, 0.3) is 0 Å². The predicted octanol–water partition coefficient (Wildman–Crippen LogP) is 5.44. The molecule has 0 saturated carbocycles. The Hall–Kier alpha value is -2.14. The van der Waals surface area contributed by atoms with Gasteiger partial charge < -0.3 is 4.74 Å². The lowest BCUT2D eigenvalue weighted by Gasteiger charge is -2.34. The van der Waals surface area contributed by atoms with Crippen molar-refractivity contribution in [3.05, 3.63) is 82.3 Å². The highest BCUT2D eigenvalue weighted by atomic mass is 79.9. The van der Waals surface area contributed by atoms with Crippen molar-refractivity contribution in [3.8, 4) is 5.75 Å². The van der Waals surface area contributed by atoms with Gasteiger partial charge in [0.2, 0.25) is 0 Å². The lowest BCUT2D eigenvalue weighted by molar-refractivity contribution is 0.137. The summed E-state index contributed by atoms with van der Waals surface area (Å²) in [5.41, 5.74) is 2.63. The summed E-state index contributed by atoms with van der Waals surface area (Å²) < 4.78 is 6.65. The van der Waals surface area contributed by atoms with E-state index in [1.54, 1.807) is 7.11 Å². The van der Waals surface area contributed by atoms with E-state index in [4.69, 9.17) is 4.74 Å². The molecule has 3 aromatic rings. The Morgan fingerprint density at radius 3 is 2.28 bits per heavy atom. The van der Waals surface area contributed by atoms with E-state index in [-0.39, 0.29) is 0 Å². The fraction of sp³-hybridized carbons (Fsp3) is 0.280. The minimum absolute atomic E-state index is 0.951. The van der Waals surface area contributed by atoms with Crippen molar-refractivity contribution >= 4 is 32.8 Å². The van der Waals surface area contributed by atoms with Crippen molar-refractivity contribution in [2.45, 2.75) is 6.54 Å². The third kappa shape index (κ3) is 5.08. The van der Waals surface area contributed by atoms with E-state index in [0.717, 1.165) is 49.5 Å². The van der Waals surface area contributed by atoms with Crippen LogP contribution in [0.4, 0.5) is 0 Å². The zero-order valence-corrected chi connectivity index (χ0v) is 18.4. The molecule has 4 heteroatoms. The SMILES string of the molecule is COc1ccc(CN2CCN(C/C=C/c3ccc(Br)cc3)CC2)c2ccccc12. The average Bonchev–Trinajstić information content (AvgIpc) is 2.76. The fourth-order valence-corrected chi connectivity index (χ4v) is 4.20. The van der Waals surface area contributed by atoms with Crippen LogP contribution in [0.1, 0.15) is 11.1 Å². The Morgan fingerprint density at radius 1 is 0.862 bits per heavy atom. The van der Waals surface area contributed by atoms with E-state index >= 15 is 0 Å². The molecule has 0 aromatic heterocycles. The first-order valence-corrected chi connectivity index (χ1v) is 10.9. The van der Waals surface area contributed by atoms with E-state index < -0.39 is 0 Å². The molecule has 1 fully saturated rings. The van der Waals surface area contributed by atoms with Crippen LogP contribution in [0.15, 0.2) is 71.2 Å². The summed E-state index contributed by atoms with van der Waals surface area (Å²) in [6, 6.07) is 21.3. The second kappa shape index (κ2) is 9.57. The van der Waals surface area contributed by atoms with Crippen LogP contribution in [-0.4, -0.2) is 49.6 Å². The van der Waals surface area contributed by atoms with Crippen molar-refractivity contribution in [2.24, 2.45) is 0 Å². The van der Waals surface area contributed by atoms with Crippen LogP contribution >= 0.6 is 15.9 Å². The second-order valence-corrected chi connectivity index (χ2v) is 8.42. The van der Waals surface area contributed by atoms with Crippen molar-refractivity contribution in [3.63, 3.8) is 0 Å². The fourth-order valence-electron chi connectivity index (χ4n) is 3.93. The lowest BCUT2D eigenvalue weighted by atomic mass is 10.0. The van der Waals surface area contributed by atoms with Crippen LogP contribution in [0.25, 0.3) is 16.8 Å².